The second-order valence-electron chi connectivity index (χ2n) is 20.6. The number of ether oxygens (including phenoxy) is 4. The number of fused-ring (bicyclic) bond motifs is 4. The van der Waals surface area contributed by atoms with Gasteiger partial charge in [0.25, 0.3) is 0 Å². The van der Waals surface area contributed by atoms with Gasteiger partial charge in [-0.15, -0.1) is 0 Å². The molecule has 8 aliphatic rings. The minimum absolute atomic E-state index is 0.00155. The van der Waals surface area contributed by atoms with Gasteiger partial charge in [0.15, 0.2) is 6.29 Å². The lowest BCUT2D eigenvalue weighted by molar-refractivity contribution is -0.254. The van der Waals surface area contributed by atoms with E-state index in [1.165, 1.54) is 25.7 Å². The Balaban J connectivity index is 0.970. The summed E-state index contributed by atoms with van der Waals surface area (Å²) in [4.78, 5) is 4.67. The summed E-state index contributed by atoms with van der Waals surface area (Å²) in [5, 5.41) is 43.0. The highest BCUT2D eigenvalue weighted by molar-refractivity contribution is 5.33. The molecule has 0 aromatic heterocycles. The van der Waals surface area contributed by atoms with Gasteiger partial charge in [-0.3, -0.25) is 9.80 Å². The number of hydrogen-bond acceptors (Lipinski definition) is 10. The van der Waals surface area contributed by atoms with Gasteiger partial charge in [0.2, 0.25) is 0 Å². The molecular weight excluding hydrogens is 660 g/mol. The van der Waals surface area contributed by atoms with Gasteiger partial charge in [0, 0.05) is 44.2 Å². The summed E-state index contributed by atoms with van der Waals surface area (Å²) in [7, 11) is 0. The van der Waals surface area contributed by atoms with E-state index in [0.717, 1.165) is 51.9 Å². The second kappa shape index (κ2) is 13.1. The summed E-state index contributed by atoms with van der Waals surface area (Å²) in [6.45, 7) is 22.5. The third kappa shape index (κ3) is 5.31. The topological polar surface area (TPSA) is 124 Å². The standard InChI is InChI=1S/C42H72N2O8/c1-9-49-36(38(5,6)48)28-18-25(2)33-34(51-28)35(47)40(8)30-11-10-29-37(3,4)31(12-13-41(29)24-42(30,41)15-14-39(33,40)7)52-32-21-43(16-17-50-32)26-19-44(20-26)27(22-45)23-46/h25-36,45-48H,9-24H2,1-8H3/t25-,28-,29+,30+,31+,32+,33+,34+,35+,36+,39-,40-,41-,42+/m1/s1. The Labute approximate surface area is 313 Å². The predicted molar refractivity (Wildman–Crippen MR) is 197 cm³/mol. The minimum atomic E-state index is -1.03. The fraction of sp³-hybridized carbons (Fsp3) is 1.00. The van der Waals surface area contributed by atoms with Crippen molar-refractivity contribution in [3.05, 3.63) is 0 Å². The van der Waals surface area contributed by atoms with E-state index in [2.05, 4.69) is 44.4 Å². The van der Waals surface area contributed by atoms with E-state index in [9.17, 15) is 20.4 Å². The van der Waals surface area contributed by atoms with Gasteiger partial charge in [-0.25, -0.2) is 0 Å². The largest absolute Gasteiger partial charge is 0.395 e. The third-order valence-electron chi connectivity index (χ3n) is 17.9. The fourth-order valence-electron chi connectivity index (χ4n) is 15.2. The molecule has 0 aromatic rings. The maximum atomic E-state index is 12.6. The lowest BCUT2D eigenvalue weighted by atomic mass is 9.41. The normalized spacial score (nSPS) is 49.7. The van der Waals surface area contributed by atoms with Crippen LogP contribution in [-0.4, -0.2) is 137 Å². The first-order chi connectivity index (χ1) is 24.5. The monoisotopic (exact) mass is 733 g/mol. The van der Waals surface area contributed by atoms with Gasteiger partial charge in [-0.05, 0) is 117 Å². The summed E-state index contributed by atoms with van der Waals surface area (Å²) in [5.74, 6) is 1.74. The molecule has 10 nitrogen and oxygen atoms in total. The van der Waals surface area contributed by atoms with Crippen molar-refractivity contribution in [1.29, 1.82) is 0 Å². The van der Waals surface area contributed by atoms with Crippen molar-refractivity contribution in [3.8, 4) is 0 Å². The van der Waals surface area contributed by atoms with Crippen LogP contribution in [-0.2, 0) is 18.9 Å². The molecule has 3 heterocycles. The van der Waals surface area contributed by atoms with Crippen LogP contribution in [0.25, 0.3) is 0 Å². The molecule has 3 aliphatic heterocycles. The van der Waals surface area contributed by atoms with E-state index in [0.29, 0.717) is 48.3 Å². The van der Waals surface area contributed by atoms with E-state index in [1.807, 2.05) is 20.8 Å². The van der Waals surface area contributed by atoms with E-state index in [-0.39, 0.29) is 65.5 Å². The van der Waals surface area contributed by atoms with E-state index in [1.54, 1.807) is 0 Å². The molecule has 5 aliphatic carbocycles. The van der Waals surface area contributed by atoms with Gasteiger partial charge in [-0.2, -0.15) is 0 Å². The smallest absolute Gasteiger partial charge is 0.170 e. The van der Waals surface area contributed by atoms with Crippen molar-refractivity contribution >= 4 is 0 Å². The third-order valence-corrected chi connectivity index (χ3v) is 17.9. The van der Waals surface area contributed by atoms with Crippen molar-refractivity contribution in [2.75, 3.05) is 52.6 Å². The fourth-order valence-corrected chi connectivity index (χ4v) is 15.2. The first-order valence-corrected chi connectivity index (χ1v) is 21.2. The molecule has 52 heavy (non-hydrogen) atoms. The van der Waals surface area contributed by atoms with E-state index >= 15 is 0 Å². The van der Waals surface area contributed by atoms with Gasteiger partial charge in [0.05, 0.1) is 55.9 Å². The number of nitrogens with zero attached hydrogens (tertiary/aromatic N) is 2. The van der Waals surface area contributed by atoms with Crippen LogP contribution in [0.1, 0.15) is 107 Å². The molecule has 298 valence electrons. The number of morpholine rings is 1. The van der Waals surface area contributed by atoms with Crippen molar-refractivity contribution < 1.29 is 39.4 Å². The highest BCUT2D eigenvalue weighted by Gasteiger charge is 2.84. The highest BCUT2D eigenvalue weighted by Crippen LogP contribution is 2.89. The summed E-state index contributed by atoms with van der Waals surface area (Å²) < 4.78 is 26.4. The van der Waals surface area contributed by atoms with E-state index < -0.39 is 17.8 Å². The summed E-state index contributed by atoms with van der Waals surface area (Å²) in [6, 6.07) is 0.254. The average molecular weight is 733 g/mol. The zero-order chi connectivity index (χ0) is 37.2. The van der Waals surface area contributed by atoms with Crippen molar-refractivity contribution in [1.82, 2.24) is 9.80 Å². The maximum absolute atomic E-state index is 12.6. The van der Waals surface area contributed by atoms with Crippen LogP contribution >= 0.6 is 0 Å². The number of aliphatic hydroxyl groups excluding tert-OH is 3. The van der Waals surface area contributed by atoms with Crippen molar-refractivity contribution in [3.63, 3.8) is 0 Å². The Morgan fingerprint density at radius 1 is 0.942 bits per heavy atom. The Morgan fingerprint density at radius 3 is 2.31 bits per heavy atom. The number of hydrogen-bond donors (Lipinski definition) is 4. The van der Waals surface area contributed by atoms with E-state index in [4.69, 9.17) is 18.9 Å². The zero-order valence-electron chi connectivity index (χ0n) is 33.6. The maximum Gasteiger partial charge on any atom is 0.170 e. The average Bonchev–Trinajstić information content (AvgIpc) is 3.70. The van der Waals surface area contributed by atoms with Crippen molar-refractivity contribution in [2.45, 2.75) is 161 Å². The first kappa shape index (κ1) is 38.5. The Kier molecular flexibility index (Phi) is 9.67. The van der Waals surface area contributed by atoms with Crippen molar-refractivity contribution in [2.24, 2.45) is 50.7 Å². The highest BCUT2D eigenvalue weighted by atomic mass is 16.7. The molecular formula is C42H72N2O8. The Bertz CT molecular complexity index is 1320. The summed E-state index contributed by atoms with van der Waals surface area (Å²) >= 11 is 0. The van der Waals surface area contributed by atoms with Crippen LogP contribution in [0.5, 0.6) is 0 Å². The van der Waals surface area contributed by atoms with Crippen LogP contribution in [0.4, 0.5) is 0 Å². The first-order valence-electron chi connectivity index (χ1n) is 21.2. The molecule has 0 radical (unpaired) electrons. The molecule has 0 bridgehead atoms. The molecule has 5 saturated carbocycles. The molecule has 0 amide bonds. The van der Waals surface area contributed by atoms with Crippen LogP contribution in [0.3, 0.4) is 0 Å². The van der Waals surface area contributed by atoms with Crippen LogP contribution in [0.15, 0.2) is 0 Å². The predicted octanol–water partition coefficient (Wildman–Crippen LogP) is 4.06. The Morgan fingerprint density at radius 2 is 1.63 bits per heavy atom. The van der Waals surface area contributed by atoms with Gasteiger partial charge in [-0.1, -0.05) is 34.6 Å². The molecule has 14 atom stereocenters. The molecule has 0 unspecified atom stereocenters. The lowest BCUT2D eigenvalue weighted by Crippen LogP contribution is -2.66. The quantitative estimate of drug-likeness (QED) is 0.262. The molecule has 4 N–H and O–H groups in total. The molecule has 10 heteroatoms. The van der Waals surface area contributed by atoms with Crippen LogP contribution in [0.2, 0.25) is 0 Å². The van der Waals surface area contributed by atoms with Gasteiger partial charge < -0.3 is 39.4 Å². The Hall–Kier alpha value is -0.400. The van der Waals surface area contributed by atoms with Crippen LogP contribution < -0.4 is 0 Å². The zero-order valence-corrected chi connectivity index (χ0v) is 33.6. The number of aliphatic hydroxyl groups is 4. The molecule has 2 spiro atoms. The number of likely N-dealkylation sites (tertiary alicyclic amines) is 1. The summed E-state index contributed by atoms with van der Waals surface area (Å²) in [6.07, 6.45) is 7.63. The minimum Gasteiger partial charge on any atom is -0.395 e. The molecule has 3 saturated heterocycles. The van der Waals surface area contributed by atoms with Crippen LogP contribution in [0, 0.1) is 50.7 Å². The number of rotatable bonds is 10. The molecule has 8 rings (SSSR count). The summed E-state index contributed by atoms with van der Waals surface area (Å²) in [5.41, 5.74) is -0.629. The van der Waals surface area contributed by atoms with Gasteiger partial charge >= 0.3 is 0 Å². The molecule has 8 fully saturated rings. The lowest BCUT2D eigenvalue weighted by Gasteiger charge is -2.64. The SMILES string of the molecule is CCO[C@@H]([C@H]1C[C@@H](C)[C@H]2[C@H](O1)[C@H](O)[C@@]1(C)[C@@H]3CC[C@H]4C(C)(C)[C@@H](O[C@H]5CN(C6CN(C(CO)CO)C6)CCO5)CC[C@@]45C[C@@]35CC[C@]21C)C(C)(C)O. The van der Waals surface area contributed by atoms with Gasteiger partial charge in [0.1, 0.15) is 6.10 Å². The second-order valence-corrected chi connectivity index (χ2v) is 20.6. The molecule has 0 aromatic carbocycles.